The molecule has 104 valence electrons. The van der Waals surface area contributed by atoms with Gasteiger partial charge in [-0.25, -0.2) is 0 Å². The van der Waals surface area contributed by atoms with Crippen molar-refractivity contribution < 1.29 is 0 Å². The summed E-state index contributed by atoms with van der Waals surface area (Å²) in [5, 5.41) is 3.69. The van der Waals surface area contributed by atoms with E-state index in [-0.39, 0.29) is 0 Å². The highest BCUT2D eigenvalue weighted by Gasteiger charge is 2.22. The zero-order valence-corrected chi connectivity index (χ0v) is 12.2. The molecular weight excluding hydrogens is 242 g/mol. The molecule has 0 heterocycles. The number of nitrogens with one attached hydrogen (secondary N) is 1. The summed E-state index contributed by atoms with van der Waals surface area (Å²) in [5.41, 5.74) is 4.32. The smallest absolute Gasteiger partial charge is 0.00684 e. The maximum Gasteiger partial charge on any atom is 0.00684 e. The Kier molecular flexibility index (Phi) is 4.17. The molecule has 1 saturated carbocycles. The van der Waals surface area contributed by atoms with Gasteiger partial charge in [0.2, 0.25) is 0 Å². The van der Waals surface area contributed by atoms with Crippen molar-refractivity contribution in [1.82, 2.24) is 5.32 Å². The Labute approximate surface area is 122 Å². The second kappa shape index (κ2) is 6.23. The van der Waals surface area contributed by atoms with E-state index < -0.39 is 0 Å². The van der Waals surface area contributed by atoms with Crippen LogP contribution in [0.2, 0.25) is 0 Å². The Morgan fingerprint density at radius 2 is 1.70 bits per heavy atom. The summed E-state index contributed by atoms with van der Waals surface area (Å²) < 4.78 is 0. The van der Waals surface area contributed by atoms with Crippen LogP contribution in [-0.2, 0) is 6.42 Å². The Morgan fingerprint density at radius 1 is 1.00 bits per heavy atom. The molecule has 0 spiro atoms. The van der Waals surface area contributed by atoms with E-state index in [1.165, 1.54) is 29.5 Å². The number of aryl methyl sites for hydroxylation is 1. The van der Waals surface area contributed by atoms with E-state index in [0.29, 0.717) is 5.92 Å². The van der Waals surface area contributed by atoms with Crippen molar-refractivity contribution in [2.24, 2.45) is 0 Å². The summed E-state index contributed by atoms with van der Waals surface area (Å²) in [5.74, 6) is 0.567. The third kappa shape index (κ3) is 3.49. The Morgan fingerprint density at radius 3 is 2.40 bits per heavy atom. The van der Waals surface area contributed by atoms with Gasteiger partial charge in [0, 0.05) is 18.5 Å². The maximum atomic E-state index is 3.69. The van der Waals surface area contributed by atoms with Crippen LogP contribution in [0.1, 0.15) is 35.4 Å². The van der Waals surface area contributed by atoms with Gasteiger partial charge in [-0.3, -0.25) is 0 Å². The molecule has 0 aliphatic heterocycles. The van der Waals surface area contributed by atoms with Gasteiger partial charge in [0.1, 0.15) is 0 Å². The fraction of sp³-hybridized carbons (Fsp3) is 0.368. The third-order valence-corrected chi connectivity index (χ3v) is 4.23. The summed E-state index contributed by atoms with van der Waals surface area (Å²) in [6.45, 7) is 3.30. The number of benzene rings is 2. The topological polar surface area (TPSA) is 12.0 Å². The summed E-state index contributed by atoms with van der Waals surface area (Å²) in [6.07, 6.45) is 3.83. The van der Waals surface area contributed by atoms with E-state index in [2.05, 4.69) is 66.8 Å². The van der Waals surface area contributed by atoms with Crippen molar-refractivity contribution in [3.63, 3.8) is 0 Å². The predicted octanol–water partition coefficient (Wildman–Crippen LogP) is 4.07. The van der Waals surface area contributed by atoms with Crippen LogP contribution in [0, 0.1) is 6.92 Å². The first-order valence-corrected chi connectivity index (χ1v) is 7.66. The number of hydrogen-bond donors (Lipinski definition) is 1. The molecule has 1 unspecified atom stereocenters. The standard InChI is InChI=1S/C19H23N/c1-15-7-5-6-10-17(15)13-18(14-20-19-11-12-19)16-8-3-2-4-9-16/h2-10,18-20H,11-14H2,1H3. The minimum Gasteiger partial charge on any atom is -0.313 e. The van der Waals surface area contributed by atoms with Gasteiger partial charge in [0.05, 0.1) is 0 Å². The van der Waals surface area contributed by atoms with Gasteiger partial charge in [-0.2, -0.15) is 0 Å². The Hall–Kier alpha value is -1.60. The second-order valence-electron chi connectivity index (χ2n) is 5.92. The quantitative estimate of drug-likeness (QED) is 0.830. The van der Waals surface area contributed by atoms with Crippen molar-refractivity contribution in [3.05, 3.63) is 71.3 Å². The van der Waals surface area contributed by atoms with Crippen LogP contribution in [0.3, 0.4) is 0 Å². The minimum atomic E-state index is 0.567. The second-order valence-corrected chi connectivity index (χ2v) is 5.92. The molecular formula is C19H23N. The zero-order valence-electron chi connectivity index (χ0n) is 12.2. The molecule has 0 aromatic heterocycles. The van der Waals surface area contributed by atoms with Crippen molar-refractivity contribution in [2.75, 3.05) is 6.54 Å². The molecule has 3 rings (SSSR count). The van der Waals surface area contributed by atoms with E-state index in [1.54, 1.807) is 0 Å². The van der Waals surface area contributed by atoms with Gasteiger partial charge in [-0.15, -0.1) is 0 Å². The highest BCUT2D eigenvalue weighted by molar-refractivity contribution is 5.29. The normalized spacial score (nSPS) is 16.1. The summed E-state index contributed by atoms with van der Waals surface area (Å²) in [7, 11) is 0. The number of hydrogen-bond acceptors (Lipinski definition) is 1. The summed E-state index contributed by atoms with van der Waals surface area (Å²) in [6, 6.07) is 20.5. The van der Waals surface area contributed by atoms with Crippen LogP contribution in [0.4, 0.5) is 0 Å². The minimum absolute atomic E-state index is 0.567. The molecule has 0 amide bonds. The van der Waals surface area contributed by atoms with Crippen LogP contribution in [0.25, 0.3) is 0 Å². The predicted molar refractivity (Wildman–Crippen MR) is 85.1 cm³/mol. The molecule has 0 bridgehead atoms. The first-order chi connectivity index (χ1) is 9.83. The van der Waals surface area contributed by atoms with E-state index in [0.717, 1.165) is 19.0 Å². The summed E-state index contributed by atoms with van der Waals surface area (Å²) in [4.78, 5) is 0. The molecule has 1 atom stereocenters. The average molecular weight is 265 g/mol. The first kappa shape index (κ1) is 13.4. The molecule has 1 N–H and O–H groups in total. The molecule has 0 saturated heterocycles. The fourth-order valence-corrected chi connectivity index (χ4v) is 2.73. The lowest BCUT2D eigenvalue weighted by Crippen LogP contribution is -2.25. The van der Waals surface area contributed by atoms with Crippen LogP contribution in [0.15, 0.2) is 54.6 Å². The lowest BCUT2D eigenvalue weighted by molar-refractivity contribution is 0.576. The fourth-order valence-electron chi connectivity index (χ4n) is 2.73. The molecule has 1 aliphatic rings. The molecule has 1 aliphatic carbocycles. The third-order valence-electron chi connectivity index (χ3n) is 4.23. The summed E-state index contributed by atoms with van der Waals surface area (Å²) >= 11 is 0. The largest absolute Gasteiger partial charge is 0.313 e. The lowest BCUT2D eigenvalue weighted by atomic mass is 9.90. The van der Waals surface area contributed by atoms with Crippen molar-refractivity contribution in [2.45, 2.75) is 38.1 Å². The van der Waals surface area contributed by atoms with E-state index in [9.17, 15) is 0 Å². The van der Waals surface area contributed by atoms with E-state index in [4.69, 9.17) is 0 Å². The Balaban J connectivity index is 1.76. The van der Waals surface area contributed by atoms with Crippen molar-refractivity contribution in [1.29, 1.82) is 0 Å². The van der Waals surface area contributed by atoms with Gasteiger partial charge in [-0.1, -0.05) is 54.6 Å². The Bertz CT molecular complexity index is 543. The van der Waals surface area contributed by atoms with Gasteiger partial charge < -0.3 is 5.32 Å². The molecule has 2 aromatic rings. The van der Waals surface area contributed by atoms with Crippen LogP contribution >= 0.6 is 0 Å². The van der Waals surface area contributed by atoms with Crippen LogP contribution in [0.5, 0.6) is 0 Å². The average Bonchev–Trinajstić information content (AvgIpc) is 3.30. The molecule has 1 nitrogen and oxygen atoms in total. The van der Waals surface area contributed by atoms with Crippen LogP contribution in [-0.4, -0.2) is 12.6 Å². The van der Waals surface area contributed by atoms with E-state index in [1.807, 2.05) is 0 Å². The molecule has 20 heavy (non-hydrogen) atoms. The van der Waals surface area contributed by atoms with Crippen molar-refractivity contribution >= 4 is 0 Å². The first-order valence-electron chi connectivity index (χ1n) is 7.66. The zero-order chi connectivity index (χ0) is 13.8. The highest BCUT2D eigenvalue weighted by atomic mass is 14.9. The van der Waals surface area contributed by atoms with E-state index >= 15 is 0 Å². The SMILES string of the molecule is Cc1ccccc1CC(CNC1CC1)c1ccccc1. The molecule has 1 fully saturated rings. The molecule has 1 heteroatoms. The van der Waals surface area contributed by atoms with Gasteiger partial charge in [0.15, 0.2) is 0 Å². The van der Waals surface area contributed by atoms with Crippen molar-refractivity contribution in [3.8, 4) is 0 Å². The monoisotopic (exact) mass is 265 g/mol. The van der Waals surface area contributed by atoms with Gasteiger partial charge in [0.25, 0.3) is 0 Å². The number of rotatable bonds is 6. The molecule has 2 aromatic carbocycles. The van der Waals surface area contributed by atoms with Gasteiger partial charge >= 0.3 is 0 Å². The molecule has 0 radical (unpaired) electrons. The van der Waals surface area contributed by atoms with Gasteiger partial charge in [-0.05, 0) is 42.9 Å². The van der Waals surface area contributed by atoms with Crippen LogP contribution < -0.4 is 5.32 Å². The lowest BCUT2D eigenvalue weighted by Gasteiger charge is -2.19. The maximum absolute atomic E-state index is 3.69. The highest BCUT2D eigenvalue weighted by Crippen LogP contribution is 2.25.